The molecule has 3 N–H and O–H groups in total. The third-order valence-corrected chi connectivity index (χ3v) is 4.60. The van der Waals surface area contributed by atoms with Gasteiger partial charge in [-0.15, -0.1) is 11.8 Å². The van der Waals surface area contributed by atoms with Crippen LogP contribution in [0.5, 0.6) is 5.75 Å². The number of nitrogens with one attached hydrogen (secondary N) is 1. The monoisotopic (exact) mass is 280 g/mol. The predicted molar refractivity (Wildman–Crippen MR) is 77.5 cm³/mol. The number of rotatable bonds is 7. The molecule has 0 aliphatic heterocycles. The van der Waals surface area contributed by atoms with Gasteiger partial charge in [0, 0.05) is 16.7 Å². The van der Waals surface area contributed by atoms with Gasteiger partial charge in [-0.2, -0.15) is 0 Å². The zero-order valence-corrected chi connectivity index (χ0v) is 12.1. The van der Waals surface area contributed by atoms with Gasteiger partial charge in [0.15, 0.2) is 0 Å². The van der Waals surface area contributed by atoms with Crippen LogP contribution in [0.1, 0.15) is 19.8 Å². The Balaban J connectivity index is 2.03. The normalized spacial score (nSPS) is 17.8. The van der Waals surface area contributed by atoms with Gasteiger partial charge in [-0.3, -0.25) is 4.79 Å². The largest absolute Gasteiger partial charge is 0.496 e. The number of carbonyl (C=O) groups is 1. The summed E-state index contributed by atoms with van der Waals surface area (Å²) in [5, 5.41) is 3.34. The van der Waals surface area contributed by atoms with Crippen LogP contribution in [0.2, 0.25) is 0 Å². The summed E-state index contributed by atoms with van der Waals surface area (Å²) >= 11 is 1.59. The number of methoxy groups -OCH3 is 1. The van der Waals surface area contributed by atoms with E-state index in [1.165, 1.54) is 0 Å². The first-order valence-corrected chi connectivity index (χ1v) is 7.37. The van der Waals surface area contributed by atoms with Crippen molar-refractivity contribution in [2.75, 3.05) is 12.9 Å². The third kappa shape index (κ3) is 3.64. The molecule has 1 atom stereocenters. The SMILES string of the molecule is COc1ccccc1SCC(C)(NC1CC1)C(N)=O. The second-order valence-corrected chi connectivity index (χ2v) is 6.07. The van der Waals surface area contributed by atoms with Gasteiger partial charge in [0.25, 0.3) is 0 Å². The molecule has 0 aromatic heterocycles. The van der Waals surface area contributed by atoms with E-state index >= 15 is 0 Å². The fourth-order valence-electron chi connectivity index (χ4n) is 1.82. The molecule has 0 bridgehead atoms. The number of primary amides is 1. The van der Waals surface area contributed by atoms with Crippen molar-refractivity contribution in [3.63, 3.8) is 0 Å². The Labute approximate surface area is 118 Å². The maximum atomic E-state index is 11.7. The molecule has 0 spiro atoms. The number of ether oxygens (including phenoxy) is 1. The van der Waals surface area contributed by atoms with Crippen molar-refractivity contribution < 1.29 is 9.53 Å². The third-order valence-electron chi connectivity index (χ3n) is 3.23. The number of amides is 1. The number of carbonyl (C=O) groups excluding carboxylic acids is 1. The van der Waals surface area contributed by atoms with Crippen molar-refractivity contribution in [1.29, 1.82) is 0 Å². The molecule has 1 aromatic carbocycles. The van der Waals surface area contributed by atoms with E-state index in [0.717, 1.165) is 23.5 Å². The highest BCUT2D eigenvalue weighted by molar-refractivity contribution is 7.99. The topological polar surface area (TPSA) is 64.3 Å². The molecule has 1 aromatic rings. The summed E-state index contributed by atoms with van der Waals surface area (Å²) in [6.45, 7) is 1.87. The highest BCUT2D eigenvalue weighted by Gasteiger charge is 2.37. The molecule has 19 heavy (non-hydrogen) atoms. The number of para-hydroxylation sites is 1. The van der Waals surface area contributed by atoms with Gasteiger partial charge in [0.05, 0.1) is 7.11 Å². The number of thioether (sulfide) groups is 1. The Morgan fingerprint density at radius 2 is 2.21 bits per heavy atom. The molecule has 2 rings (SSSR count). The van der Waals surface area contributed by atoms with Crippen LogP contribution in [0, 0.1) is 0 Å². The van der Waals surface area contributed by atoms with Crippen LogP contribution in [0.3, 0.4) is 0 Å². The van der Waals surface area contributed by atoms with Gasteiger partial charge in [-0.25, -0.2) is 0 Å². The van der Waals surface area contributed by atoms with Crippen molar-refractivity contribution in [3.8, 4) is 5.75 Å². The second kappa shape index (κ2) is 5.84. The average molecular weight is 280 g/mol. The highest BCUT2D eigenvalue weighted by atomic mass is 32.2. The molecular weight excluding hydrogens is 260 g/mol. The second-order valence-electron chi connectivity index (χ2n) is 5.05. The van der Waals surface area contributed by atoms with Crippen molar-refractivity contribution in [3.05, 3.63) is 24.3 Å². The van der Waals surface area contributed by atoms with Gasteiger partial charge in [0.1, 0.15) is 11.3 Å². The molecule has 0 saturated heterocycles. The van der Waals surface area contributed by atoms with E-state index < -0.39 is 5.54 Å². The van der Waals surface area contributed by atoms with Crippen molar-refractivity contribution in [2.45, 2.75) is 36.2 Å². The van der Waals surface area contributed by atoms with Crippen LogP contribution in [0.15, 0.2) is 29.2 Å². The minimum Gasteiger partial charge on any atom is -0.496 e. The predicted octanol–water partition coefficient (Wildman–Crippen LogP) is 1.78. The van der Waals surface area contributed by atoms with Crippen LogP contribution in [0.4, 0.5) is 0 Å². The van der Waals surface area contributed by atoms with E-state index in [4.69, 9.17) is 10.5 Å². The molecule has 4 nitrogen and oxygen atoms in total. The molecule has 5 heteroatoms. The van der Waals surface area contributed by atoms with E-state index in [1.807, 2.05) is 31.2 Å². The lowest BCUT2D eigenvalue weighted by Gasteiger charge is -2.27. The van der Waals surface area contributed by atoms with Crippen LogP contribution in [-0.4, -0.2) is 30.4 Å². The molecule has 1 aliphatic carbocycles. The highest BCUT2D eigenvalue weighted by Crippen LogP contribution is 2.32. The maximum Gasteiger partial charge on any atom is 0.238 e. The van der Waals surface area contributed by atoms with Gasteiger partial charge < -0.3 is 15.8 Å². The lowest BCUT2D eigenvalue weighted by molar-refractivity contribution is -0.123. The van der Waals surface area contributed by atoms with Crippen molar-refractivity contribution >= 4 is 17.7 Å². The van der Waals surface area contributed by atoms with Crippen LogP contribution < -0.4 is 15.8 Å². The Bertz CT molecular complexity index is 463. The summed E-state index contributed by atoms with van der Waals surface area (Å²) in [4.78, 5) is 12.7. The summed E-state index contributed by atoms with van der Waals surface area (Å²) < 4.78 is 5.31. The summed E-state index contributed by atoms with van der Waals surface area (Å²) in [7, 11) is 1.65. The zero-order valence-electron chi connectivity index (χ0n) is 11.3. The lowest BCUT2D eigenvalue weighted by Crippen LogP contribution is -2.55. The molecule has 1 amide bonds. The van der Waals surface area contributed by atoms with Crippen LogP contribution in [-0.2, 0) is 4.79 Å². The summed E-state index contributed by atoms with van der Waals surface area (Å²) in [5.41, 5.74) is 4.86. The summed E-state index contributed by atoms with van der Waals surface area (Å²) in [6, 6.07) is 8.23. The Morgan fingerprint density at radius 1 is 1.53 bits per heavy atom. The molecule has 0 heterocycles. The van der Waals surface area contributed by atoms with Gasteiger partial charge in [0.2, 0.25) is 5.91 Å². The van der Waals surface area contributed by atoms with Gasteiger partial charge >= 0.3 is 0 Å². The first-order chi connectivity index (χ1) is 9.05. The van der Waals surface area contributed by atoms with Gasteiger partial charge in [-0.05, 0) is 31.9 Å². The minimum absolute atomic E-state index is 0.304. The lowest BCUT2D eigenvalue weighted by atomic mass is 10.1. The van der Waals surface area contributed by atoms with Crippen molar-refractivity contribution in [1.82, 2.24) is 5.32 Å². The van der Waals surface area contributed by atoms with Crippen LogP contribution >= 0.6 is 11.8 Å². The maximum absolute atomic E-state index is 11.7. The first-order valence-electron chi connectivity index (χ1n) is 6.38. The van der Waals surface area contributed by atoms with Gasteiger partial charge in [-0.1, -0.05) is 12.1 Å². The summed E-state index contributed by atoms with van der Waals surface area (Å²) in [5.74, 6) is 1.12. The van der Waals surface area contributed by atoms with Crippen LogP contribution in [0.25, 0.3) is 0 Å². The number of benzene rings is 1. The van der Waals surface area contributed by atoms with E-state index in [0.29, 0.717) is 11.8 Å². The Hall–Kier alpha value is -1.20. The van der Waals surface area contributed by atoms with E-state index in [-0.39, 0.29) is 5.91 Å². The van der Waals surface area contributed by atoms with E-state index in [9.17, 15) is 4.79 Å². The standard InChI is InChI=1S/C14H20N2O2S/c1-14(13(15)17,16-10-7-8-10)9-19-12-6-4-3-5-11(12)18-2/h3-6,10,16H,7-9H2,1-2H3,(H2,15,17). The molecule has 1 aliphatic rings. The molecule has 1 unspecified atom stereocenters. The zero-order chi connectivity index (χ0) is 13.9. The molecule has 104 valence electrons. The molecule has 1 fully saturated rings. The number of hydrogen-bond acceptors (Lipinski definition) is 4. The fraction of sp³-hybridized carbons (Fsp3) is 0.500. The molecular formula is C14H20N2O2S. The minimum atomic E-state index is -0.674. The fourth-order valence-corrected chi connectivity index (χ4v) is 2.96. The smallest absolute Gasteiger partial charge is 0.238 e. The number of nitrogens with two attached hydrogens (primary N) is 1. The Morgan fingerprint density at radius 3 is 2.79 bits per heavy atom. The van der Waals surface area contributed by atoms with E-state index in [1.54, 1.807) is 18.9 Å². The Kier molecular flexibility index (Phi) is 4.37. The quantitative estimate of drug-likeness (QED) is 0.747. The van der Waals surface area contributed by atoms with Crippen molar-refractivity contribution in [2.24, 2.45) is 5.73 Å². The first kappa shape index (κ1) is 14.2. The average Bonchev–Trinajstić information content (AvgIpc) is 3.20. The van der Waals surface area contributed by atoms with E-state index in [2.05, 4.69) is 5.32 Å². The number of hydrogen-bond donors (Lipinski definition) is 2. The molecule has 1 saturated carbocycles. The summed E-state index contributed by atoms with van der Waals surface area (Å²) in [6.07, 6.45) is 2.25. The molecule has 0 radical (unpaired) electrons.